The lowest BCUT2D eigenvalue weighted by molar-refractivity contribution is -0.118. The van der Waals surface area contributed by atoms with E-state index in [4.69, 9.17) is 4.74 Å². The molecule has 28 heavy (non-hydrogen) atoms. The molecule has 0 unspecified atom stereocenters. The van der Waals surface area contributed by atoms with E-state index in [0.29, 0.717) is 25.5 Å². The number of ether oxygens (including phenoxy) is 1. The maximum absolute atomic E-state index is 13.0. The third-order valence-corrected chi connectivity index (χ3v) is 5.58. The van der Waals surface area contributed by atoms with Crippen LogP contribution in [0.5, 0.6) is 0 Å². The normalized spacial score (nSPS) is 20.9. The van der Waals surface area contributed by atoms with Crippen molar-refractivity contribution in [1.82, 2.24) is 4.98 Å². The van der Waals surface area contributed by atoms with Crippen molar-refractivity contribution in [3.05, 3.63) is 58.4 Å². The second-order valence-corrected chi connectivity index (χ2v) is 7.54. The molecule has 2 aliphatic heterocycles. The molecular formula is C22H27N3O3. The zero-order valence-electron chi connectivity index (χ0n) is 16.1. The van der Waals surface area contributed by atoms with E-state index in [1.54, 1.807) is 6.07 Å². The van der Waals surface area contributed by atoms with Crippen LogP contribution in [0.1, 0.15) is 31.2 Å². The monoisotopic (exact) mass is 381 g/mol. The van der Waals surface area contributed by atoms with E-state index in [9.17, 15) is 9.59 Å². The highest BCUT2D eigenvalue weighted by molar-refractivity contribution is 5.93. The fourth-order valence-electron chi connectivity index (χ4n) is 4.17. The Morgan fingerprint density at radius 2 is 1.82 bits per heavy atom. The number of nitrogens with zero attached hydrogens (tertiary/aromatic N) is 2. The number of anilines is 2. The summed E-state index contributed by atoms with van der Waals surface area (Å²) in [6.45, 7) is 2.82. The van der Waals surface area contributed by atoms with Gasteiger partial charge in [0.2, 0.25) is 5.91 Å². The molecule has 1 atom stereocenters. The number of aromatic amines is 1. The molecule has 2 fully saturated rings. The molecule has 0 saturated carbocycles. The molecule has 2 aromatic rings. The number of benzene rings is 1. The van der Waals surface area contributed by atoms with Crippen molar-refractivity contribution in [2.45, 2.75) is 38.1 Å². The van der Waals surface area contributed by atoms with Gasteiger partial charge in [-0.25, -0.2) is 0 Å². The van der Waals surface area contributed by atoms with Gasteiger partial charge in [0.1, 0.15) is 5.82 Å². The van der Waals surface area contributed by atoms with E-state index < -0.39 is 0 Å². The highest BCUT2D eigenvalue weighted by Gasteiger charge is 2.29. The molecule has 1 aromatic heterocycles. The number of carbonyl (C=O) groups is 1. The van der Waals surface area contributed by atoms with Crippen LogP contribution in [0.25, 0.3) is 0 Å². The van der Waals surface area contributed by atoms with Gasteiger partial charge in [-0.2, -0.15) is 0 Å². The van der Waals surface area contributed by atoms with Gasteiger partial charge in [0.05, 0.1) is 13.2 Å². The molecule has 2 saturated heterocycles. The molecule has 1 amide bonds. The molecule has 6 nitrogen and oxygen atoms in total. The Balaban J connectivity index is 1.67. The number of hydrogen-bond acceptors (Lipinski definition) is 4. The number of carbonyl (C=O) groups excluding carboxylic acids is 1. The Labute approximate surface area is 165 Å². The van der Waals surface area contributed by atoms with E-state index in [0.717, 1.165) is 44.5 Å². The lowest BCUT2D eigenvalue weighted by Crippen LogP contribution is -2.42. The van der Waals surface area contributed by atoms with Crippen molar-refractivity contribution in [3.8, 4) is 0 Å². The Hall–Kier alpha value is -2.60. The molecule has 6 heteroatoms. The van der Waals surface area contributed by atoms with Crippen LogP contribution in [-0.2, 0) is 16.0 Å². The van der Waals surface area contributed by atoms with Crippen LogP contribution < -0.4 is 15.4 Å². The first-order chi connectivity index (χ1) is 13.7. The quantitative estimate of drug-likeness (QED) is 0.884. The first-order valence-electron chi connectivity index (χ1n) is 10.1. The summed E-state index contributed by atoms with van der Waals surface area (Å²) in [7, 11) is 0. The molecule has 148 valence electrons. The van der Waals surface area contributed by atoms with Crippen LogP contribution in [0.2, 0.25) is 0 Å². The Morgan fingerprint density at radius 3 is 2.61 bits per heavy atom. The van der Waals surface area contributed by atoms with Gasteiger partial charge in [0.15, 0.2) is 0 Å². The van der Waals surface area contributed by atoms with Gasteiger partial charge in [0, 0.05) is 43.4 Å². The van der Waals surface area contributed by atoms with Crippen molar-refractivity contribution < 1.29 is 9.53 Å². The minimum absolute atomic E-state index is 0.0491. The molecule has 1 aromatic carbocycles. The highest BCUT2D eigenvalue weighted by atomic mass is 16.5. The SMILES string of the molecule is O=C1CCCC[C@@H](Cc2ccccc2)N1c1cc(N2CCOCC2)cc(=O)[nH]1. The third-order valence-electron chi connectivity index (χ3n) is 5.58. The standard InChI is InChI=1S/C22H27N3O3/c26-21-16-19(24-10-12-28-13-11-24)15-20(23-21)25-18(8-4-5-9-22(25)27)14-17-6-2-1-3-7-17/h1-3,6-7,15-16,18H,4-5,8-14H2,(H,23,26)/t18-/m0/s1. The van der Waals surface area contributed by atoms with Crippen LogP contribution in [0.15, 0.2) is 47.3 Å². The highest BCUT2D eigenvalue weighted by Crippen LogP contribution is 2.28. The molecule has 0 spiro atoms. The van der Waals surface area contributed by atoms with E-state index >= 15 is 0 Å². The Kier molecular flexibility index (Phi) is 5.76. The zero-order chi connectivity index (χ0) is 19.3. The van der Waals surface area contributed by atoms with Crippen LogP contribution in [0.4, 0.5) is 11.5 Å². The van der Waals surface area contributed by atoms with Crippen LogP contribution in [-0.4, -0.2) is 43.2 Å². The number of hydrogen-bond donors (Lipinski definition) is 1. The molecular weight excluding hydrogens is 354 g/mol. The van der Waals surface area contributed by atoms with Gasteiger partial charge in [-0.1, -0.05) is 36.8 Å². The minimum atomic E-state index is -0.172. The van der Waals surface area contributed by atoms with Gasteiger partial charge >= 0.3 is 0 Å². The van der Waals surface area contributed by atoms with Crippen molar-refractivity contribution >= 4 is 17.4 Å². The zero-order valence-corrected chi connectivity index (χ0v) is 16.1. The number of aromatic nitrogens is 1. The summed E-state index contributed by atoms with van der Waals surface area (Å²) >= 11 is 0. The van der Waals surface area contributed by atoms with Crippen molar-refractivity contribution in [2.75, 3.05) is 36.1 Å². The second-order valence-electron chi connectivity index (χ2n) is 7.54. The predicted octanol–water partition coefficient (Wildman–Crippen LogP) is 2.73. The molecule has 2 aliphatic rings. The summed E-state index contributed by atoms with van der Waals surface area (Å²) in [6.07, 6.45) is 4.16. The van der Waals surface area contributed by atoms with Gasteiger partial charge in [0.25, 0.3) is 5.56 Å². The molecule has 3 heterocycles. The molecule has 0 radical (unpaired) electrons. The summed E-state index contributed by atoms with van der Waals surface area (Å²) in [4.78, 5) is 32.3. The summed E-state index contributed by atoms with van der Waals surface area (Å²) in [5.74, 6) is 0.704. The van der Waals surface area contributed by atoms with Crippen LogP contribution in [0.3, 0.4) is 0 Å². The molecule has 0 aliphatic carbocycles. The van der Waals surface area contributed by atoms with Crippen molar-refractivity contribution in [2.24, 2.45) is 0 Å². The first-order valence-corrected chi connectivity index (χ1v) is 10.1. The second kappa shape index (κ2) is 8.61. The van der Waals surface area contributed by atoms with Crippen molar-refractivity contribution in [1.29, 1.82) is 0 Å². The number of morpholine rings is 1. The van der Waals surface area contributed by atoms with Gasteiger partial charge in [-0.15, -0.1) is 0 Å². The average molecular weight is 381 g/mol. The lowest BCUT2D eigenvalue weighted by Gasteiger charge is -2.32. The lowest BCUT2D eigenvalue weighted by atomic mass is 10.0. The number of amides is 1. The minimum Gasteiger partial charge on any atom is -0.378 e. The molecule has 1 N–H and O–H groups in total. The first kappa shape index (κ1) is 18.7. The summed E-state index contributed by atoms with van der Waals surface area (Å²) in [5, 5.41) is 0. The maximum Gasteiger partial charge on any atom is 0.251 e. The average Bonchev–Trinajstić information content (AvgIpc) is 2.90. The fourth-order valence-corrected chi connectivity index (χ4v) is 4.17. The van der Waals surface area contributed by atoms with Gasteiger partial charge < -0.3 is 14.6 Å². The number of pyridine rings is 1. The van der Waals surface area contributed by atoms with E-state index in [1.807, 2.05) is 29.2 Å². The predicted molar refractivity (Wildman–Crippen MR) is 110 cm³/mol. The van der Waals surface area contributed by atoms with Crippen LogP contribution >= 0.6 is 0 Å². The Morgan fingerprint density at radius 1 is 1.04 bits per heavy atom. The molecule has 0 bridgehead atoms. The number of rotatable bonds is 4. The van der Waals surface area contributed by atoms with Gasteiger partial charge in [-0.05, 0) is 24.8 Å². The van der Waals surface area contributed by atoms with E-state index in [1.165, 1.54) is 5.56 Å². The number of nitrogens with one attached hydrogen (secondary N) is 1. The maximum atomic E-state index is 13.0. The topological polar surface area (TPSA) is 65.6 Å². The largest absolute Gasteiger partial charge is 0.378 e. The van der Waals surface area contributed by atoms with E-state index in [-0.39, 0.29) is 17.5 Å². The smallest absolute Gasteiger partial charge is 0.251 e. The summed E-state index contributed by atoms with van der Waals surface area (Å²) in [5.41, 5.74) is 1.89. The molecule has 4 rings (SSSR count). The van der Waals surface area contributed by atoms with E-state index in [2.05, 4.69) is 22.0 Å². The van der Waals surface area contributed by atoms with Gasteiger partial charge in [-0.3, -0.25) is 14.5 Å². The third kappa shape index (κ3) is 4.28. The Bertz CT molecular complexity index is 859. The van der Waals surface area contributed by atoms with Crippen molar-refractivity contribution in [3.63, 3.8) is 0 Å². The number of H-pyrrole nitrogens is 1. The summed E-state index contributed by atoms with van der Waals surface area (Å²) < 4.78 is 5.42. The fraction of sp³-hybridized carbons (Fsp3) is 0.455. The van der Waals surface area contributed by atoms with Crippen LogP contribution in [0, 0.1) is 0 Å². The summed E-state index contributed by atoms with van der Waals surface area (Å²) in [6, 6.07) is 13.9.